The van der Waals surface area contributed by atoms with E-state index < -0.39 is 0 Å². The first-order valence-electron chi connectivity index (χ1n) is 7.20. The van der Waals surface area contributed by atoms with Crippen molar-refractivity contribution < 1.29 is 0 Å². The van der Waals surface area contributed by atoms with E-state index in [0.717, 1.165) is 17.7 Å². The van der Waals surface area contributed by atoms with Gasteiger partial charge in [-0.25, -0.2) is 4.98 Å². The quantitative estimate of drug-likeness (QED) is 0.860. The maximum Gasteiger partial charge on any atom is 0.186 e. The minimum absolute atomic E-state index is 0.677. The van der Waals surface area contributed by atoms with Crippen LogP contribution < -0.4 is 10.6 Å². The summed E-state index contributed by atoms with van der Waals surface area (Å²) in [6, 6.07) is 6.68. The van der Waals surface area contributed by atoms with Crippen molar-refractivity contribution in [3.8, 4) is 0 Å². The molecule has 1 saturated heterocycles. The average Bonchev–Trinajstić information content (AvgIpc) is 2.82. The van der Waals surface area contributed by atoms with Gasteiger partial charge >= 0.3 is 0 Å². The lowest BCUT2D eigenvalue weighted by atomic mass is 9.99. The summed E-state index contributed by atoms with van der Waals surface area (Å²) >= 11 is 1.78. The van der Waals surface area contributed by atoms with Crippen molar-refractivity contribution in [3.05, 3.63) is 18.2 Å². The number of thiazole rings is 1. The summed E-state index contributed by atoms with van der Waals surface area (Å²) in [5.74, 6) is 0. The second-order valence-corrected chi connectivity index (χ2v) is 6.36. The molecule has 4 heteroatoms. The molecule has 2 N–H and O–H groups in total. The summed E-state index contributed by atoms with van der Waals surface area (Å²) in [7, 11) is 0. The van der Waals surface area contributed by atoms with Crippen LogP contribution in [0.5, 0.6) is 0 Å². The Hall–Kier alpha value is -1.29. The molecule has 0 aliphatic carbocycles. The summed E-state index contributed by atoms with van der Waals surface area (Å²) in [5.41, 5.74) is 7.76. The van der Waals surface area contributed by atoms with E-state index in [4.69, 9.17) is 10.7 Å². The summed E-state index contributed by atoms with van der Waals surface area (Å²) < 4.78 is 1.20. The Kier molecular flexibility index (Phi) is 3.60. The predicted octanol–water partition coefficient (Wildman–Crippen LogP) is 4.04. The number of nitrogen functional groups attached to an aromatic ring is 1. The number of fused-ring (bicyclic) bond motifs is 1. The molecule has 1 fully saturated rings. The van der Waals surface area contributed by atoms with Crippen LogP contribution in [0.15, 0.2) is 18.2 Å². The van der Waals surface area contributed by atoms with Gasteiger partial charge in [-0.15, -0.1) is 0 Å². The minimum Gasteiger partial charge on any atom is -0.399 e. The number of nitrogens with two attached hydrogens (primary N) is 1. The second-order valence-electron chi connectivity index (χ2n) is 5.36. The summed E-state index contributed by atoms with van der Waals surface area (Å²) in [5, 5.41) is 1.18. The highest BCUT2D eigenvalue weighted by atomic mass is 32.1. The number of rotatable bonds is 3. The molecular formula is C15H21N3S. The molecular weight excluding hydrogens is 254 g/mol. The van der Waals surface area contributed by atoms with Gasteiger partial charge in [0.1, 0.15) is 0 Å². The van der Waals surface area contributed by atoms with Crippen LogP contribution in [0.3, 0.4) is 0 Å². The van der Waals surface area contributed by atoms with Crippen LogP contribution in [-0.4, -0.2) is 17.6 Å². The second kappa shape index (κ2) is 5.37. The predicted molar refractivity (Wildman–Crippen MR) is 83.9 cm³/mol. The van der Waals surface area contributed by atoms with Crippen LogP contribution in [0.4, 0.5) is 10.8 Å². The molecule has 1 atom stereocenters. The van der Waals surface area contributed by atoms with Crippen LogP contribution in [0.1, 0.15) is 39.0 Å². The van der Waals surface area contributed by atoms with E-state index in [1.807, 2.05) is 18.2 Å². The lowest BCUT2D eigenvalue weighted by Gasteiger charge is -2.35. The fraction of sp³-hybridized carbons (Fsp3) is 0.533. The summed E-state index contributed by atoms with van der Waals surface area (Å²) in [4.78, 5) is 7.32. The van der Waals surface area contributed by atoms with Gasteiger partial charge in [-0.1, -0.05) is 24.7 Å². The van der Waals surface area contributed by atoms with E-state index in [1.54, 1.807) is 11.3 Å². The zero-order valence-corrected chi connectivity index (χ0v) is 12.2. The smallest absolute Gasteiger partial charge is 0.186 e. The van der Waals surface area contributed by atoms with Gasteiger partial charge in [0.05, 0.1) is 10.2 Å². The number of nitrogens with zero attached hydrogens (tertiary/aromatic N) is 2. The highest BCUT2D eigenvalue weighted by molar-refractivity contribution is 7.22. The number of aromatic nitrogens is 1. The lowest BCUT2D eigenvalue weighted by Crippen LogP contribution is -2.39. The van der Waals surface area contributed by atoms with Crippen molar-refractivity contribution in [1.82, 2.24) is 4.98 Å². The van der Waals surface area contributed by atoms with Gasteiger partial charge in [0.15, 0.2) is 5.13 Å². The van der Waals surface area contributed by atoms with Crippen molar-refractivity contribution >= 4 is 32.4 Å². The molecule has 102 valence electrons. The van der Waals surface area contributed by atoms with Gasteiger partial charge in [0.25, 0.3) is 0 Å². The van der Waals surface area contributed by atoms with Crippen LogP contribution in [0.25, 0.3) is 10.2 Å². The Morgan fingerprint density at radius 3 is 3.16 bits per heavy atom. The molecule has 1 aliphatic heterocycles. The van der Waals surface area contributed by atoms with Gasteiger partial charge in [0, 0.05) is 18.3 Å². The molecule has 1 unspecified atom stereocenters. The molecule has 1 aliphatic rings. The molecule has 1 aromatic carbocycles. The summed E-state index contributed by atoms with van der Waals surface area (Å²) in [6.07, 6.45) is 6.49. The normalized spacial score (nSPS) is 20.1. The zero-order valence-electron chi connectivity index (χ0n) is 11.4. The third kappa shape index (κ3) is 2.54. The highest BCUT2D eigenvalue weighted by Gasteiger charge is 2.24. The molecule has 0 spiro atoms. The van der Waals surface area contributed by atoms with Crippen LogP contribution in [0, 0.1) is 0 Å². The van der Waals surface area contributed by atoms with E-state index in [0.29, 0.717) is 6.04 Å². The maximum atomic E-state index is 5.85. The largest absolute Gasteiger partial charge is 0.399 e. The lowest BCUT2D eigenvalue weighted by molar-refractivity contribution is 0.434. The van der Waals surface area contributed by atoms with E-state index in [-0.39, 0.29) is 0 Å². The third-order valence-electron chi connectivity index (χ3n) is 3.90. The maximum absolute atomic E-state index is 5.85. The number of anilines is 2. The van der Waals surface area contributed by atoms with E-state index in [9.17, 15) is 0 Å². The third-order valence-corrected chi connectivity index (χ3v) is 4.95. The molecule has 3 nitrogen and oxygen atoms in total. The van der Waals surface area contributed by atoms with E-state index in [1.165, 1.54) is 41.9 Å². The Labute approximate surface area is 118 Å². The minimum atomic E-state index is 0.677. The molecule has 1 aromatic heterocycles. The molecule has 2 aromatic rings. The van der Waals surface area contributed by atoms with Gasteiger partial charge < -0.3 is 10.6 Å². The average molecular weight is 275 g/mol. The Bertz CT molecular complexity index is 562. The molecule has 0 bridgehead atoms. The fourth-order valence-corrected chi connectivity index (χ4v) is 4.05. The first kappa shape index (κ1) is 12.7. The standard InChI is InChI=1S/C15H21N3S/c1-2-5-12-6-3-4-9-18(12)15-17-13-8-7-11(16)10-14(13)19-15/h7-8,10,12H,2-6,9,16H2,1H3. The van der Waals surface area contributed by atoms with Crippen LogP contribution in [0.2, 0.25) is 0 Å². The van der Waals surface area contributed by atoms with Crippen molar-refractivity contribution in [2.45, 2.75) is 45.1 Å². The SMILES string of the molecule is CCCC1CCCCN1c1nc2ccc(N)cc2s1. The molecule has 2 heterocycles. The van der Waals surface area contributed by atoms with Gasteiger partial charge in [-0.2, -0.15) is 0 Å². The van der Waals surface area contributed by atoms with Crippen molar-refractivity contribution in [1.29, 1.82) is 0 Å². The Morgan fingerprint density at radius 2 is 2.32 bits per heavy atom. The number of hydrogen-bond acceptors (Lipinski definition) is 4. The molecule has 0 radical (unpaired) electrons. The number of benzene rings is 1. The van der Waals surface area contributed by atoms with Gasteiger partial charge in [-0.05, 0) is 43.9 Å². The molecule has 0 amide bonds. The molecule has 0 saturated carbocycles. The monoisotopic (exact) mass is 275 g/mol. The zero-order chi connectivity index (χ0) is 13.2. The topological polar surface area (TPSA) is 42.2 Å². The van der Waals surface area contributed by atoms with Crippen molar-refractivity contribution in [3.63, 3.8) is 0 Å². The van der Waals surface area contributed by atoms with E-state index in [2.05, 4.69) is 11.8 Å². The first-order valence-corrected chi connectivity index (χ1v) is 8.02. The van der Waals surface area contributed by atoms with Crippen molar-refractivity contribution in [2.24, 2.45) is 0 Å². The van der Waals surface area contributed by atoms with Gasteiger partial charge in [-0.3, -0.25) is 0 Å². The van der Waals surface area contributed by atoms with Crippen LogP contribution in [-0.2, 0) is 0 Å². The Balaban J connectivity index is 1.92. The van der Waals surface area contributed by atoms with Crippen molar-refractivity contribution in [2.75, 3.05) is 17.2 Å². The Morgan fingerprint density at radius 1 is 1.42 bits per heavy atom. The molecule has 19 heavy (non-hydrogen) atoms. The van der Waals surface area contributed by atoms with Crippen LogP contribution >= 0.6 is 11.3 Å². The van der Waals surface area contributed by atoms with E-state index >= 15 is 0 Å². The number of hydrogen-bond donors (Lipinski definition) is 1. The first-order chi connectivity index (χ1) is 9.28. The fourth-order valence-electron chi connectivity index (χ4n) is 2.94. The van der Waals surface area contributed by atoms with Gasteiger partial charge in [0.2, 0.25) is 0 Å². The number of piperidine rings is 1. The summed E-state index contributed by atoms with van der Waals surface area (Å²) in [6.45, 7) is 3.42. The highest BCUT2D eigenvalue weighted by Crippen LogP contribution is 2.34. The molecule has 3 rings (SSSR count).